The quantitative estimate of drug-likeness (QED) is 0.793. The summed E-state index contributed by atoms with van der Waals surface area (Å²) in [6.45, 7) is 5.55. The number of hydrogen-bond acceptors (Lipinski definition) is 3. The van der Waals surface area contributed by atoms with Gasteiger partial charge in [-0.25, -0.2) is 4.98 Å². The summed E-state index contributed by atoms with van der Waals surface area (Å²) in [6.07, 6.45) is 1.79. The first-order valence-electron chi connectivity index (χ1n) is 6.85. The second-order valence-corrected chi connectivity index (χ2v) is 4.91. The van der Waals surface area contributed by atoms with Gasteiger partial charge >= 0.3 is 0 Å². The van der Waals surface area contributed by atoms with Crippen LogP contribution in [0.2, 0.25) is 0 Å². The molecule has 0 saturated heterocycles. The zero-order valence-electron chi connectivity index (χ0n) is 11.8. The molecule has 0 aliphatic heterocycles. The molecule has 0 fully saturated rings. The largest absolute Gasteiger partial charge is 0.325 e. The van der Waals surface area contributed by atoms with Crippen LogP contribution in [-0.2, 0) is 13.1 Å². The summed E-state index contributed by atoms with van der Waals surface area (Å²) < 4.78 is 2.23. The Morgan fingerprint density at radius 2 is 2.05 bits per heavy atom. The van der Waals surface area contributed by atoms with Gasteiger partial charge in [0.1, 0.15) is 5.82 Å². The van der Waals surface area contributed by atoms with Crippen LogP contribution in [0.25, 0.3) is 22.4 Å². The monoisotopic (exact) mass is 266 g/mol. The van der Waals surface area contributed by atoms with E-state index in [2.05, 4.69) is 41.6 Å². The summed E-state index contributed by atoms with van der Waals surface area (Å²) in [4.78, 5) is 9.03. The van der Waals surface area contributed by atoms with Crippen molar-refractivity contribution in [2.24, 2.45) is 5.73 Å². The first kappa shape index (κ1) is 12.8. The minimum absolute atomic E-state index is 0.444. The maximum atomic E-state index is 5.67. The first-order valence-corrected chi connectivity index (χ1v) is 6.85. The molecule has 0 unspecified atom stereocenters. The minimum atomic E-state index is 0.444. The van der Waals surface area contributed by atoms with Gasteiger partial charge in [0.2, 0.25) is 0 Å². The number of nitrogens with two attached hydrogens (primary N) is 1. The summed E-state index contributed by atoms with van der Waals surface area (Å²) in [7, 11) is 0. The topological polar surface area (TPSA) is 56.7 Å². The average Bonchev–Trinajstić information content (AvgIpc) is 2.84. The fourth-order valence-corrected chi connectivity index (χ4v) is 2.51. The van der Waals surface area contributed by atoms with E-state index in [0.29, 0.717) is 6.54 Å². The molecule has 102 valence electrons. The lowest BCUT2D eigenvalue weighted by molar-refractivity contribution is 0.795. The van der Waals surface area contributed by atoms with Crippen molar-refractivity contribution < 1.29 is 0 Å². The number of aryl methyl sites for hydroxylation is 2. The molecule has 0 atom stereocenters. The highest BCUT2D eigenvalue weighted by Crippen LogP contribution is 2.25. The van der Waals surface area contributed by atoms with E-state index in [1.165, 1.54) is 11.1 Å². The summed E-state index contributed by atoms with van der Waals surface area (Å²) >= 11 is 0. The molecule has 0 saturated carbocycles. The third-order valence-corrected chi connectivity index (χ3v) is 3.50. The third-order valence-electron chi connectivity index (χ3n) is 3.50. The third kappa shape index (κ3) is 2.08. The molecular formula is C16H18N4. The molecule has 1 aromatic carbocycles. The van der Waals surface area contributed by atoms with Crippen molar-refractivity contribution in [3.63, 3.8) is 0 Å². The Balaban J connectivity index is 2.24. The van der Waals surface area contributed by atoms with E-state index < -0.39 is 0 Å². The van der Waals surface area contributed by atoms with Crippen LogP contribution < -0.4 is 5.73 Å². The fourth-order valence-electron chi connectivity index (χ4n) is 2.51. The van der Waals surface area contributed by atoms with Gasteiger partial charge in [-0.3, -0.25) is 4.98 Å². The van der Waals surface area contributed by atoms with Gasteiger partial charge in [0.25, 0.3) is 0 Å². The Bertz CT molecular complexity index is 758. The zero-order chi connectivity index (χ0) is 14.1. The van der Waals surface area contributed by atoms with E-state index in [4.69, 9.17) is 10.7 Å². The normalized spacial score (nSPS) is 11.2. The maximum Gasteiger partial charge on any atom is 0.141 e. The highest BCUT2D eigenvalue weighted by Gasteiger charge is 2.12. The maximum absolute atomic E-state index is 5.67. The Kier molecular flexibility index (Phi) is 3.24. The molecule has 2 N–H and O–H groups in total. The van der Waals surface area contributed by atoms with Gasteiger partial charge in [0, 0.05) is 24.8 Å². The molecule has 3 rings (SSSR count). The van der Waals surface area contributed by atoms with Crippen molar-refractivity contribution >= 4 is 11.0 Å². The number of aromatic nitrogens is 3. The Hall–Kier alpha value is -2.20. The van der Waals surface area contributed by atoms with Crippen LogP contribution in [0.4, 0.5) is 0 Å². The van der Waals surface area contributed by atoms with Gasteiger partial charge in [-0.1, -0.05) is 6.07 Å². The summed E-state index contributed by atoms with van der Waals surface area (Å²) in [5, 5.41) is 0. The summed E-state index contributed by atoms with van der Waals surface area (Å²) in [6, 6.07) is 10.4. The summed E-state index contributed by atoms with van der Waals surface area (Å²) in [5.74, 6) is 0.977. The van der Waals surface area contributed by atoms with Gasteiger partial charge in [-0.05, 0) is 43.7 Å². The Labute approximate surface area is 118 Å². The van der Waals surface area contributed by atoms with E-state index in [1.807, 2.05) is 12.1 Å². The predicted octanol–water partition coefficient (Wildman–Crippen LogP) is 2.89. The molecule has 2 aromatic heterocycles. The number of benzene rings is 1. The van der Waals surface area contributed by atoms with Crippen molar-refractivity contribution in [2.45, 2.75) is 26.9 Å². The van der Waals surface area contributed by atoms with E-state index >= 15 is 0 Å². The van der Waals surface area contributed by atoms with Crippen LogP contribution in [0.15, 0.2) is 36.5 Å². The number of nitrogens with zero attached hydrogens (tertiary/aromatic N) is 3. The Morgan fingerprint density at radius 3 is 2.80 bits per heavy atom. The van der Waals surface area contributed by atoms with Gasteiger partial charge in [0.15, 0.2) is 0 Å². The number of pyridine rings is 1. The standard InChI is InChI=1S/C16H18N4/c1-3-20-15-5-4-11(2)8-14(15)19-16(20)12-6-7-18-13(9-12)10-17/h4-9H,3,10,17H2,1-2H3. The van der Waals surface area contributed by atoms with Crippen LogP contribution >= 0.6 is 0 Å². The number of rotatable bonds is 3. The lowest BCUT2D eigenvalue weighted by Crippen LogP contribution is -2.01. The number of imidazole rings is 1. The number of fused-ring (bicyclic) bond motifs is 1. The van der Waals surface area contributed by atoms with E-state index in [-0.39, 0.29) is 0 Å². The Morgan fingerprint density at radius 1 is 1.20 bits per heavy atom. The van der Waals surface area contributed by atoms with Crippen molar-refractivity contribution in [1.29, 1.82) is 0 Å². The van der Waals surface area contributed by atoms with Gasteiger partial charge in [-0.15, -0.1) is 0 Å². The van der Waals surface area contributed by atoms with Gasteiger partial charge in [-0.2, -0.15) is 0 Å². The minimum Gasteiger partial charge on any atom is -0.325 e. The van der Waals surface area contributed by atoms with Crippen LogP contribution in [0.5, 0.6) is 0 Å². The van der Waals surface area contributed by atoms with Crippen molar-refractivity contribution in [3.05, 3.63) is 47.8 Å². The molecule has 0 bridgehead atoms. The van der Waals surface area contributed by atoms with Gasteiger partial charge < -0.3 is 10.3 Å². The molecule has 20 heavy (non-hydrogen) atoms. The smallest absolute Gasteiger partial charge is 0.141 e. The first-order chi connectivity index (χ1) is 9.72. The second-order valence-electron chi connectivity index (χ2n) is 4.91. The molecule has 4 heteroatoms. The molecule has 0 spiro atoms. The van der Waals surface area contributed by atoms with Gasteiger partial charge in [0.05, 0.1) is 16.7 Å². The molecule has 0 aliphatic carbocycles. The molecule has 2 heterocycles. The second kappa shape index (κ2) is 5.06. The molecular weight excluding hydrogens is 248 g/mol. The highest BCUT2D eigenvalue weighted by molar-refractivity contribution is 5.81. The van der Waals surface area contributed by atoms with Crippen LogP contribution in [-0.4, -0.2) is 14.5 Å². The van der Waals surface area contributed by atoms with Crippen LogP contribution in [0.1, 0.15) is 18.2 Å². The van der Waals surface area contributed by atoms with Crippen molar-refractivity contribution in [1.82, 2.24) is 14.5 Å². The van der Waals surface area contributed by atoms with Crippen LogP contribution in [0.3, 0.4) is 0 Å². The highest BCUT2D eigenvalue weighted by atomic mass is 15.1. The number of hydrogen-bond donors (Lipinski definition) is 1. The van der Waals surface area contributed by atoms with E-state index in [1.54, 1.807) is 6.20 Å². The fraction of sp³-hybridized carbons (Fsp3) is 0.250. The molecule has 3 aromatic rings. The molecule has 4 nitrogen and oxygen atoms in total. The average molecular weight is 266 g/mol. The zero-order valence-corrected chi connectivity index (χ0v) is 11.8. The lowest BCUT2D eigenvalue weighted by Gasteiger charge is -2.07. The lowest BCUT2D eigenvalue weighted by atomic mass is 10.2. The molecule has 0 radical (unpaired) electrons. The molecule has 0 amide bonds. The van der Waals surface area contributed by atoms with Crippen molar-refractivity contribution in [3.8, 4) is 11.4 Å². The van der Waals surface area contributed by atoms with Crippen molar-refractivity contribution in [2.75, 3.05) is 0 Å². The SMILES string of the molecule is CCn1c(-c2ccnc(CN)c2)nc2cc(C)ccc21. The van der Waals surface area contributed by atoms with E-state index in [9.17, 15) is 0 Å². The summed E-state index contributed by atoms with van der Waals surface area (Å²) in [5.41, 5.74) is 11.0. The molecule has 0 aliphatic rings. The van der Waals surface area contributed by atoms with Crippen LogP contribution in [0, 0.1) is 6.92 Å². The predicted molar refractivity (Wildman–Crippen MR) is 81.3 cm³/mol. The van der Waals surface area contributed by atoms with E-state index in [0.717, 1.165) is 29.1 Å².